The second kappa shape index (κ2) is 7.55. The van der Waals surface area contributed by atoms with Crippen LogP contribution in [0.15, 0.2) is 42.7 Å². The van der Waals surface area contributed by atoms with Crippen molar-refractivity contribution in [2.75, 3.05) is 19.6 Å². The molecule has 3 rings (SSSR count). The van der Waals surface area contributed by atoms with Gasteiger partial charge in [-0.25, -0.2) is 0 Å². The second-order valence-electron chi connectivity index (χ2n) is 6.37. The van der Waals surface area contributed by atoms with Crippen LogP contribution in [0.5, 0.6) is 0 Å². The van der Waals surface area contributed by atoms with Crippen LogP contribution < -0.4 is 5.32 Å². The van der Waals surface area contributed by atoms with E-state index in [9.17, 15) is 9.90 Å². The molecule has 5 heteroatoms. The molecule has 1 aliphatic heterocycles. The van der Waals surface area contributed by atoms with Crippen LogP contribution in [0.25, 0.3) is 0 Å². The van der Waals surface area contributed by atoms with Crippen molar-refractivity contribution in [1.29, 1.82) is 0 Å². The lowest BCUT2D eigenvalue weighted by Crippen LogP contribution is -2.42. The Morgan fingerprint density at radius 3 is 2.92 bits per heavy atom. The number of rotatable bonds is 5. The molecule has 0 saturated carbocycles. The third kappa shape index (κ3) is 4.19. The average molecular weight is 325 g/mol. The van der Waals surface area contributed by atoms with Crippen molar-refractivity contribution in [2.24, 2.45) is 0 Å². The lowest BCUT2D eigenvalue weighted by atomic mass is 10.00. The van der Waals surface area contributed by atoms with Crippen molar-refractivity contribution >= 4 is 5.91 Å². The van der Waals surface area contributed by atoms with Crippen LogP contribution in [0.2, 0.25) is 0 Å². The molecule has 1 unspecified atom stereocenters. The highest BCUT2D eigenvalue weighted by molar-refractivity contribution is 5.94. The third-order valence-corrected chi connectivity index (χ3v) is 4.31. The molecule has 5 nitrogen and oxygen atoms in total. The summed E-state index contributed by atoms with van der Waals surface area (Å²) in [4.78, 5) is 18.3. The molecule has 1 atom stereocenters. The van der Waals surface area contributed by atoms with Gasteiger partial charge in [0.15, 0.2) is 0 Å². The number of aromatic nitrogens is 1. The molecule has 2 heterocycles. The van der Waals surface area contributed by atoms with Gasteiger partial charge in [0, 0.05) is 38.6 Å². The molecule has 1 amide bonds. The minimum atomic E-state index is -0.586. The van der Waals surface area contributed by atoms with Crippen LogP contribution >= 0.6 is 0 Å². The minimum Gasteiger partial charge on any atom is -0.390 e. The Labute approximate surface area is 142 Å². The minimum absolute atomic E-state index is 0.200. The van der Waals surface area contributed by atoms with Crippen LogP contribution in [0, 0.1) is 6.92 Å². The van der Waals surface area contributed by atoms with Crippen molar-refractivity contribution in [3.63, 3.8) is 0 Å². The predicted molar refractivity (Wildman–Crippen MR) is 92.7 cm³/mol. The highest BCUT2D eigenvalue weighted by atomic mass is 16.3. The fourth-order valence-corrected chi connectivity index (χ4v) is 3.06. The Bertz CT molecular complexity index is 717. The molecule has 0 aliphatic carbocycles. The van der Waals surface area contributed by atoms with Crippen LogP contribution in [-0.4, -0.2) is 46.6 Å². The SMILES string of the molecule is Cc1cncc(C(=O)NCC(O)CN2CCc3ccccc3C2)c1. The van der Waals surface area contributed by atoms with E-state index in [0.717, 1.165) is 25.1 Å². The van der Waals surface area contributed by atoms with Gasteiger partial charge in [0.2, 0.25) is 0 Å². The molecular weight excluding hydrogens is 302 g/mol. The number of nitrogens with one attached hydrogen (secondary N) is 1. The van der Waals surface area contributed by atoms with E-state index < -0.39 is 6.10 Å². The van der Waals surface area contributed by atoms with E-state index in [1.165, 1.54) is 17.3 Å². The van der Waals surface area contributed by atoms with Crippen LogP contribution in [-0.2, 0) is 13.0 Å². The monoisotopic (exact) mass is 325 g/mol. The first-order chi connectivity index (χ1) is 11.6. The number of carbonyl (C=O) groups excluding carboxylic acids is 1. The average Bonchev–Trinajstić information content (AvgIpc) is 2.59. The highest BCUT2D eigenvalue weighted by Gasteiger charge is 2.18. The van der Waals surface area contributed by atoms with Gasteiger partial charge in [-0.15, -0.1) is 0 Å². The summed E-state index contributed by atoms with van der Waals surface area (Å²) in [6, 6.07) is 10.2. The maximum Gasteiger partial charge on any atom is 0.252 e. The maximum atomic E-state index is 12.1. The fourth-order valence-electron chi connectivity index (χ4n) is 3.06. The first-order valence-corrected chi connectivity index (χ1v) is 8.29. The maximum absolute atomic E-state index is 12.1. The first-order valence-electron chi connectivity index (χ1n) is 8.29. The number of aliphatic hydroxyl groups excluding tert-OH is 1. The van der Waals surface area contributed by atoms with Gasteiger partial charge < -0.3 is 10.4 Å². The largest absolute Gasteiger partial charge is 0.390 e. The first kappa shape index (κ1) is 16.6. The molecule has 126 valence electrons. The predicted octanol–water partition coefficient (Wildman–Crippen LogP) is 1.54. The summed E-state index contributed by atoms with van der Waals surface area (Å²) in [5, 5.41) is 13.0. The number of hydrogen-bond acceptors (Lipinski definition) is 4. The van der Waals surface area contributed by atoms with Gasteiger partial charge in [0.1, 0.15) is 0 Å². The van der Waals surface area contributed by atoms with Gasteiger partial charge in [-0.1, -0.05) is 24.3 Å². The van der Waals surface area contributed by atoms with E-state index in [2.05, 4.69) is 39.5 Å². The molecule has 0 fully saturated rings. The number of aryl methyl sites for hydroxylation is 1. The van der Waals surface area contributed by atoms with Gasteiger partial charge in [-0.3, -0.25) is 14.7 Å². The Balaban J connectivity index is 1.48. The zero-order chi connectivity index (χ0) is 16.9. The van der Waals surface area contributed by atoms with Gasteiger partial charge in [0.25, 0.3) is 5.91 Å². The molecule has 1 aromatic carbocycles. The number of hydrogen-bond donors (Lipinski definition) is 2. The molecule has 0 bridgehead atoms. The van der Waals surface area contributed by atoms with Gasteiger partial charge in [-0.2, -0.15) is 0 Å². The second-order valence-corrected chi connectivity index (χ2v) is 6.37. The molecule has 2 aromatic rings. The summed E-state index contributed by atoms with van der Waals surface area (Å²) >= 11 is 0. The number of β-amino-alcohol motifs (C(OH)–C–C–N with tert-alkyl or cyclic N) is 1. The topological polar surface area (TPSA) is 65.5 Å². The summed E-state index contributed by atoms with van der Waals surface area (Å²) in [7, 11) is 0. The quantitative estimate of drug-likeness (QED) is 0.875. The number of aliphatic hydroxyl groups is 1. The van der Waals surface area contributed by atoms with E-state index in [-0.39, 0.29) is 12.5 Å². The van der Waals surface area contributed by atoms with E-state index in [1.54, 1.807) is 12.3 Å². The summed E-state index contributed by atoms with van der Waals surface area (Å²) in [6.45, 7) is 4.48. The van der Waals surface area contributed by atoms with E-state index >= 15 is 0 Å². The van der Waals surface area contributed by atoms with Crippen molar-refractivity contribution in [2.45, 2.75) is 26.0 Å². The zero-order valence-corrected chi connectivity index (χ0v) is 13.9. The number of pyridine rings is 1. The van der Waals surface area contributed by atoms with Gasteiger partial charge in [0.05, 0.1) is 11.7 Å². The lowest BCUT2D eigenvalue weighted by molar-refractivity contribution is 0.0841. The normalized spacial score (nSPS) is 15.6. The Morgan fingerprint density at radius 1 is 1.33 bits per heavy atom. The zero-order valence-electron chi connectivity index (χ0n) is 13.9. The number of carbonyl (C=O) groups is 1. The molecule has 0 radical (unpaired) electrons. The lowest BCUT2D eigenvalue weighted by Gasteiger charge is -2.30. The molecule has 2 N–H and O–H groups in total. The molecule has 0 saturated heterocycles. The van der Waals surface area contributed by atoms with Crippen LogP contribution in [0.1, 0.15) is 27.0 Å². The summed E-state index contributed by atoms with van der Waals surface area (Å²) in [5.41, 5.74) is 4.18. The molecule has 0 spiro atoms. The molecule has 1 aliphatic rings. The van der Waals surface area contributed by atoms with Gasteiger partial charge >= 0.3 is 0 Å². The van der Waals surface area contributed by atoms with Gasteiger partial charge in [-0.05, 0) is 36.1 Å². The molecule has 1 aromatic heterocycles. The van der Waals surface area contributed by atoms with Crippen LogP contribution in [0.4, 0.5) is 0 Å². The van der Waals surface area contributed by atoms with Crippen molar-refractivity contribution in [1.82, 2.24) is 15.2 Å². The Morgan fingerprint density at radius 2 is 2.12 bits per heavy atom. The third-order valence-electron chi connectivity index (χ3n) is 4.31. The van der Waals surface area contributed by atoms with Crippen molar-refractivity contribution < 1.29 is 9.90 Å². The number of nitrogens with zero attached hydrogens (tertiary/aromatic N) is 2. The Kier molecular flexibility index (Phi) is 5.23. The van der Waals surface area contributed by atoms with Crippen molar-refractivity contribution in [3.8, 4) is 0 Å². The van der Waals surface area contributed by atoms with Crippen LogP contribution in [0.3, 0.4) is 0 Å². The Hall–Kier alpha value is -2.24. The summed E-state index contributed by atoms with van der Waals surface area (Å²) in [6.07, 6.45) is 3.66. The van der Waals surface area contributed by atoms with E-state index in [0.29, 0.717) is 12.1 Å². The number of fused-ring (bicyclic) bond motifs is 1. The number of amides is 1. The molecule has 24 heavy (non-hydrogen) atoms. The van der Waals surface area contributed by atoms with E-state index in [1.807, 2.05) is 6.92 Å². The smallest absolute Gasteiger partial charge is 0.252 e. The molecular formula is C19H23N3O2. The summed E-state index contributed by atoms with van der Waals surface area (Å²) in [5.74, 6) is -0.200. The highest BCUT2D eigenvalue weighted by Crippen LogP contribution is 2.18. The van der Waals surface area contributed by atoms with Crippen molar-refractivity contribution in [3.05, 3.63) is 65.0 Å². The fraction of sp³-hybridized carbons (Fsp3) is 0.368. The number of benzene rings is 1. The standard InChI is InChI=1S/C19H23N3O2/c1-14-8-17(10-20-9-14)19(24)21-11-18(23)13-22-7-6-15-4-2-3-5-16(15)12-22/h2-5,8-10,18,23H,6-7,11-13H2,1H3,(H,21,24). The summed E-state index contributed by atoms with van der Waals surface area (Å²) < 4.78 is 0. The van der Waals surface area contributed by atoms with E-state index in [4.69, 9.17) is 0 Å².